The number of pyridine rings is 1. The number of anilines is 1. The molecule has 0 saturated heterocycles. The molecular formula is C17H19N7O. The van der Waals surface area contributed by atoms with Gasteiger partial charge in [-0.25, -0.2) is 4.68 Å². The average molecular weight is 337 g/mol. The number of nitrogens with zero attached hydrogens (tertiary/aromatic N) is 5. The van der Waals surface area contributed by atoms with Gasteiger partial charge >= 0.3 is 0 Å². The van der Waals surface area contributed by atoms with Crippen molar-refractivity contribution in [3.8, 4) is 0 Å². The van der Waals surface area contributed by atoms with Crippen LogP contribution in [0.5, 0.6) is 0 Å². The van der Waals surface area contributed by atoms with Crippen molar-refractivity contribution < 1.29 is 4.79 Å². The maximum absolute atomic E-state index is 12.6. The Morgan fingerprint density at radius 1 is 1.12 bits per heavy atom. The van der Waals surface area contributed by atoms with E-state index in [0.717, 1.165) is 24.2 Å². The van der Waals surface area contributed by atoms with Crippen LogP contribution in [0.2, 0.25) is 0 Å². The van der Waals surface area contributed by atoms with Gasteiger partial charge in [0.15, 0.2) is 6.04 Å². The van der Waals surface area contributed by atoms with Crippen molar-refractivity contribution in [2.75, 3.05) is 18.4 Å². The van der Waals surface area contributed by atoms with E-state index in [1.54, 1.807) is 12.4 Å². The lowest BCUT2D eigenvalue weighted by Crippen LogP contribution is -2.34. The van der Waals surface area contributed by atoms with Crippen molar-refractivity contribution in [3.63, 3.8) is 0 Å². The first-order chi connectivity index (χ1) is 12.3. The minimum atomic E-state index is -0.581. The molecule has 1 amide bonds. The van der Waals surface area contributed by atoms with E-state index in [9.17, 15) is 4.79 Å². The number of hydrogen-bond donors (Lipinski definition) is 2. The second-order valence-corrected chi connectivity index (χ2v) is 5.42. The molecule has 25 heavy (non-hydrogen) atoms. The number of nitrogens with one attached hydrogen (secondary N) is 2. The van der Waals surface area contributed by atoms with E-state index in [-0.39, 0.29) is 5.91 Å². The fourth-order valence-electron chi connectivity index (χ4n) is 2.44. The van der Waals surface area contributed by atoms with E-state index in [2.05, 4.69) is 31.1 Å². The number of aromatic nitrogens is 5. The fraction of sp³-hybridized carbons (Fsp3) is 0.235. The Morgan fingerprint density at radius 2 is 2.00 bits per heavy atom. The monoisotopic (exact) mass is 337 g/mol. The van der Waals surface area contributed by atoms with Crippen molar-refractivity contribution in [3.05, 3.63) is 66.7 Å². The summed E-state index contributed by atoms with van der Waals surface area (Å²) in [7, 11) is 0. The highest BCUT2D eigenvalue weighted by atomic mass is 16.2. The smallest absolute Gasteiger partial charge is 0.249 e. The molecule has 128 valence electrons. The molecule has 0 aliphatic rings. The zero-order valence-electron chi connectivity index (χ0n) is 13.6. The van der Waals surface area contributed by atoms with Crippen LogP contribution in [0, 0.1) is 0 Å². The topological polar surface area (TPSA) is 97.6 Å². The van der Waals surface area contributed by atoms with Crippen LogP contribution < -0.4 is 10.6 Å². The van der Waals surface area contributed by atoms with Crippen LogP contribution in [0.4, 0.5) is 5.69 Å². The van der Waals surface area contributed by atoms with Crippen molar-refractivity contribution in [2.24, 2.45) is 0 Å². The summed E-state index contributed by atoms with van der Waals surface area (Å²) in [5.74, 6) is -0.139. The molecule has 2 heterocycles. The normalized spacial score (nSPS) is 11.7. The minimum absolute atomic E-state index is 0.139. The number of rotatable bonds is 8. The van der Waals surface area contributed by atoms with Gasteiger partial charge in [-0.2, -0.15) is 0 Å². The maximum atomic E-state index is 12.6. The van der Waals surface area contributed by atoms with Crippen LogP contribution in [0.15, 0.2) is 61.2 Å². The van der Waals surface area contributed by atoms with E-state index in [4.69, 9.17) is 0 Å². The molecule has 0 bridgehead atoms. The number of tetrazole rings is 1. The van der Waals surface area contributed by atoms with Gasteiger partial charge in [0.05, 0.1) is 5.69 Å². The molecule has 0 unspecified atom stereocenters. The van der Waals surface area contributed by atoms with Crippen molar-refractivity contribution in [2.45, 2.75) is 12.5 Å². The molecule has 8 nitrogen and oxygen atoms in total. The summed E-state index contributed by atoms with van der Waals surface area (Å²) in [5, 5.41) is 17.3. The van der Waals surface area contributed by atoms with E-state index in [1.165, 1.54) is 11.0 Å². The molecule has 0 spiro atoms. The maximum Gasteiger partial charge on any atom is 0.249 e. The van der Waals surface area contributed by atoms with Gasteiger partial charge in [-0.15, -0.1) is 5.10 Å². The van der Waals surface area contributed by atoms with Crippen LogP contribution in [0.3, 0.4) is 0 Å². The van der Waals surface area contributed by atoms with Gasteiger partial charge in [0, 0.05) is 25.5 Å². The lowest BCUT2D eigenvalue weighted by molar-refractivity contribution is -0.123. The third-order valence-electron chi connectivity index (χ3n) is 3.64. The van der Waals surface area contributed by atoms with Gasteiger partial charge in [0.1, 0.15) is 6.33 Å². The Bertz CT molecular complexity index is 762. The number of amides is 1. The third kappa shape index (κ3) is 4.60. The van der Waals surface area contributed by atoms with Crippen molar-refractivity contribution >= 4 is 11.6 Å². The first kappa shape index (κ1) is 16.6. The van der Waals surface area contributed by atoms with Gasteiger partial charge in [0.25, 0.3) is 0 Å². The highest BCUT2D eigenvalue weighted by molar-refractivity contribution is 5.83. The van der Waals surface area contributed by atoms with Gasteiger partial charge in [-0.3, -0.25) is 9.78 Å². The second kappa shape index (κ2) is 8.53. The third-order valence-corrected chi connectivity index (χ3v) is 3.64. The fourth-order valence-corrected chi connectivity index (χ4v) is 2.44. The molecule has 1 aromatic carbocycles. The quantitative estimate of drug-likeness (QED) is 0.601. The molecule has 2 aromatic heterocycles. The van der Waals surface area contributed by atoms with E-state index in [0.29, 0.717) is 6.54 Å². The predicted molar refractivity (Wildman–Crippen MR) is 92.8 cm³/mol. The van der Waals surface area contributed by atoms with Crippen LogP contribution in [-0.2, 0) is 4.79 Å². The van der Waals surface area contributed by atoms with Crippen molar-refractivity contribution in [1.82, 2.24) is 30.5 Å². The summed E-state index contributed by atoms with van der Waals surface area (Å²) in [4.78, 5) is 16.7. The molecule has 2 N–H and O–H groups in total. The van der Waals surface area contributed by atoms with E-state index >= 15 is 0 Å². The Labute approximate surface area is 145 Å². The molecule has 3 rings (SSSR count). The molecule has 8 heteroatoms. The number of carbonyl (C=O) groups is 1. The van der Waals surface area contributed by atoms with Crippen LogP contribution in [0.25, 0.3) is 0 Å². The van der Waals surface area contributed by atoms with E-state index < -0.39 is 6.04 Å². The Balaban J connectivity index is 1.53. The summed E-state index contributed by atoms with van der Waals surface area (Å²) in [5.41, 5.74) is 1.80. The summed E-state index contributed by atoms with van der Waals surface area (Å²) in [6.45, 7) is 1.30. The average Bonchev–Trinajstić information content (AvgIpc) is 3.17. The highest BCUT2D eigenvalue weighted by Gasteiger charge is 2.23. The Hall–Kier alpha value is -3.29. The van der Waals surface area contributed by atoms with Crippen LogP contribution in [-0.4, -0.2) is 44.2 Å². The summed E-state index contributed by atoms with van der Waals surface area (Å²) in [6.07, 6.45) is 5.73. The molecule has 0 saturated carbocycles. The summed E-state index contributed by atoms with van der Waals surface area (Å²) >= 11 is 0. The molecule has 0 aliphatic carbocycles. The lowest BCUT2D eigenvalue weighted by atomic mass is 10.1. The predicted octanol–water partition coefficient (Wildman–Crippen LogP) is 1.28. The Morgan fingerprint density at radius 3 is 2.72 bits per heavy atom. The zero-order valence-corrected chi connectivity index (χ0v) is 13.6. The van der Waals surface area contributed by atoms with Crippen molar-refractivity contribution in [1.29, 1.82) is 0 Å². The molecular weight excluding hydrogens is 318 g/mol. The van der Waals surface area contributed by atoms with E-state index in [1.807, 2.05) is 42.5 Å². The summed E-state index contributed by atoms with van der Waals surface area (Å²) < 4.78 is 1.46. The zero-order chi connectivity index (χ0) is 17.3. The number of hydrogen-bond acceptors (Lipinski definition) is 6. The molecule has 0 aliphatic heterocycles. The standard InChI is InChI=1S/C17H19N7O/c25-17(20-11-5-10-19-15-8-4-9-18-12-15)16(24-13-21-22-23-24)14-6-2-1-3-7-14/h1-4,6-9,12-13,16,19H,5,10-11H2,(H,20,25)/t16-/m1/s1. The SMILES string of the molecule is O=C(NCCCNc1cccnc1)[C@@H](c1ccccc1)n1cnnn1. The highest BCUT2D eigenvalue weighted by Crippen LogP contribution is 2.16. The Kier molecular flexibility index (Phi) is 5.65. The van der Waals surface area contributed by atoms with Gasteiger partial charge in [-0.05, 0) is 34.5 Å². The van der Waals surface area contributed by atoms with Crippen LogP contribution in [0.1, 0.15) is 18.0 Å². The molecule has 3 aromatic rings. The van der Waals surface area contributed by atoms with Crippen LogP contribution >= 0.6 is 0 Å². The molecule has 0 fully saturated rings. The minimum Gasteiger partial charge on any atom is -0.384 e. The number of carbonyl (C=O) groups excluding carboxylic acids is 1. The van der Waals surface area contributed by atoms with Gasteiger partial charge < -0.3 is 10.6 Å². The van der Waals surface area contributed by atoms with Gasteiger partial charge in [-0.1, -0.05) is 30.3 Å². The second-order valence-electron chi connectivity index (χ2n) is 5.42. The number of benzene rings is 1. The molecule has 1 atom stereocenters. The molecule has 0 radical (unpaired) electrons. The van der Waals surface area contributed by atoms with Gasteiger partial charge in [0.2, 0.25) is 5.91 Å². The lowest BCUT2D eigenvalue weighted by Gasteiger charge is -2.16. The first-order valence-corrected chi connectivity index (χ1v) is 8.03. The first-order valence-electron chi connectivity index (χ1n) is 8.03. The summed E-state index contributed by atoms with van der Waals surface area (Å²) in [6, 6.07) is 12.7. The largest absolute Gasteiger partial charge is 0.384 e.